The van der Waals surface area contributed by atoms with Gasteiger partial charge in [-0.05, 0) is 50.6 Å². The number of piperazine rings is 1. The van der Waals surface area contributed by atoms with Gasteiger partial charge in [0.05, 0.1) is 0 Å². The second kappa shape index (κ2) is 9.31. The molecule has 0 aromatic rings. The van der Waals surface area contributed by atoms with Crippen molar-refractivity contribution in [2.45, 2.75) is 45.1 Å². The van der Waals surface area contributed by atoms with Gasteiger partial charge in [0.15, 0.2) is 0 Å². The quantitative estimate of drug-likeness (QED) is 0.842. The Morgan fingerprint density at radius 2 is 1.64 bits per heavy atom. The Morgan fingerprint density at radius 3 is 2.18 bits per heavy atom. The Morgan fingerprint density at radius 1 is 1.05 bits per heavy atom. The molecule has 130 valence electrons. The minimum absolute atomic E-state index is 0. The molecule has 0 aromatic carbocycles. The van der Waals surface area contributed by atoms with Crippen LogP contribution >= 0.6 is 24.8 Å². The standard InChI is InChI=1S/C16H29N3O.2ClH/c1-13(14-4-6-17-7-5-14)12-16(20)19-10-8-18(9-11-19)15-2-3-15;;/h13-15,17H,2-12H2,1H3;2*1H. The van der Waals surface area contributed by atoms with Crippen molar-refractivity contribution in [1.82, 2.24) is 15.1 Å². The van der Waals surface area contributed by atoms with E-state index >= 15 is 0 Å². The van der Waals surface area contributed by atoms with E-state index in [4.69, 9.17) is 0 Å². The predicted molar refractivity (Wildman–Crippen MR) is 95.0 cm³/mol. The minimum atomic E-state index is 0. The molecule has 1 aliphatic carbocycles. The van der Waals surface area contributed by atoms with Gasteiger partial charge < -0.3 is 10.2 Å². The van der Waals surface area contributed by atoms with E-state index in [1.165, 1.54) is 25.7 Å². The number of piperidine rings is 1. The number of hydrogen-bond acceptors (Lipinski definition) is 3. The van der Waals surface area contributed by atoms with Crippen molar-refractivity contribution in [2.24, 2.45) is 11.8 Å². The number of nitrogens with zero attached hydrogens (tertiary/aromatic N) is 2. The molecule has 1 atom stereocenters. The maximum absolute atomic E-state index is 12.4. The number of halogens is 2. The van der Waals surface area contributed by atoms with Gasteiger partial charge in [-0.25, -0.2) is 0 Å². The zero-order valence-corrected chi connectivity index (χ0v) is 15.3. The zero-order chi connectivity index (χ0) is 13.9. The molecule has 0 bridgehead atoms. The molecule has 0 spiro atoms. The number of amides is 1. The van der Waals surface area contributed by atoms with Gasteiger partial charge in [0.2, 0.25) is 5.91 Å². The lowest BCUT2D eigenvalue weighted by Gasteiger charge is -2.36. The third kappa shape index (κ3) is 5.26. The molecule has 6 heteroatoms. The molecule has 1 amide bonds. The van der Waals surface area contributed by atoms with E-state index in [0.717, 1.165) is 57.6 Å². The Balaban J connectivity index is 0.00000121. The van der Waals surface area contributed by atoms with Crippen molar-refractivity contribution in [3.05, 3.63) is 0 Å². The van der Waals surface area contributed by atoms with E-state index < -0.39 is 0 Å². The molecule has 3 rings (SSSR count). The summed E-state index contributed by atoms with van der Waals surface area (Å²) in [4.78, 5) is 17.1. The Hall–Kier alpha value is -0.0300. The fourth-order valence-corrected chi connectivity index (χ4v) is 3.76. The maximum atomic E-state index is 12.4. The first kappa shape index (κ1) is 20.0. The monoisotopic (exact) mass is 351 g/mol. The van der Waals surface area contributed by atoms with Crippen LogP contribution < -0.4 is 5.32 Å². The van der Waals surface area contributed by atoms with Crippen LogP contribution in [0, 0.1) is 11.8 Å². The third-order valence-electron chi connectivity index (χ3n) is 5.42. The summed E-state index contributed by atoms with van der Waals surface area (Å²) < 4.78 is 0. The van der Waals surface area contributed by atoms with Gasteiger partial charge in [-0.1, -0.05) is 6.92 Å². The molecule has 4 nitrogen and oxygen atoms in total. The van der Waals surface area contributed by atoms with Crippen LogP contribution in [0.15, 0.2) is 0 Å². The van der Waals surface area contributed by atoms with Crippen molar-refractivity contribution < 1.29 is 4.79 Å². The summed E-state index contributed by atoms with van der Waals surface area (Å²) in [6.07, 6.45) is 5.99. The van der Waals surface area contributed by atoms with E-state index in [1.54, 1.807) is 0 Å². The number of nitrogens with one attached hydrogen (secondary N) is 1. The van der Waals surface area contributed by atoms with Crippen molar-refractivity contribution >= 4 is 30.7 Å². The second-order valence-electron chi connectivity index (χ2n) is 6.92. The van der Waals surface area contributed by atoms with Crippen LogP contribution in [0.3, 0.4) is 0 Å². The van der Waals surface area contributed by atoms with Crippen molar-refractivity contribution in [3.8, 4) is 0 Å². The van der Waals surface area contributed by atoms with Crippen LogP contribution in [0.2, 0.25) is 0 Å². The van der Waals surface area contributed by atoms with Gasteiger partial charge in [0.25, 0.3) is 0 Å². The van der Waals surface area contributed by atoms with E-state index in [1.807, 2.05) is 0 Å². The van der Waals surface area contributed by atoms with Crippen molar-refractivity contribution in [2.75, 3.05) is 39.3 Å². The minimum Gasteiger partial charge on any atom is -0.340 e. The summed E-state index contributed by atoms with van der Waals surface area (Å²) in [5, 5.41) is 3.41. The molecule has 3 fully saturated rings. The molecular formula is C16H31Cl2N3O. The predicted octanol–water partition coefficient (Wildman–Crippen LogP) is 2.16. The Bertz CT molecular complexity index is 338. The molecule has 2 saturated heterocycles. The Kier molecular flexibility index (Phi) is 8.47. The van der Waals surface area contributed by atoms with Crippen LogP contribution in [0.4, 0.5) is 0 Å². The van der Waals surface area contributed by atoms with Gasteiger partial charge in [0.1, 0.15) is 0 Å². The average Bonchev–Trinajstić information content (AvgIpc) is 3.33. The zero-order valence-electron chi connectivity index (χ0n) is 13.6. The smallest absolute Gasteiger partial charge is 0.222 e. The molecule has 2 heterocycles. The molecule has 1 unspecified atom stereocenters. The molecule has 0 aromatic heterocycles. The van der Waals surface area contributed by atoms with Gasteiger partial charge >= 0.3 is 0 Å². The SMILES string of the molecule is CC(CC(=O)N1CCN(C2CC2)CC1)C1CCNCC1.Cl.Cl. The molecule has 22 heavy (non-hydrogen) atoms. The first-order chi connectivity index (χ1) is 9.74. The number of hydrogen-bond donors (Lipinski definition) is 1. The van der Waals surface area contributed by atoms with Crippen LogP contribution in [0.1, 0.15) is 39.0 Å². The highest BCUT2D eigenvalue weighted by Crippen LogP contribution is 2.28. The second-order valence-corrected chi connectivity index (χ2v) is 6.92. The highest BCUT2D eigenvalue weighted by Gasteiger charge is 2.32. The first-order valence-corrected chi connectivity index (χ1v) is 8.46. The summed E-state index contributed by atoms with van der Waals surface area (Å²) in [5.41, 5.74) is 0. The molecule has 1 saturated carbocycles. The highest BCUT2D eigenvalue weighted by atomic mass is 35.5. The molecule has 3 aliphatic rings. The first-order valence-electron chi connectivity index (χ1n) is 8.46. The normalized spacial score (nSPS) is 25.0. The fourth-order valence-electron chi connectivity index (χ4n) is 3.76. The number of carbonyl (C=O) groups is 1. The molecule has 0 radical (unpaired) electrons. The summed E-state index contributed by atoms with van der Waals surface area (Å²) >= 11 is 0. The molecule has 2 aliphatic heterocycles. The van der Waals surface area contributed by atoms with E-state index in [9.17, 15) is 4.79 Å². The average molecular weight is 352 g/mol. The lowest BCUT2D eigenvalue weighted by molar-refractivity contribution is -0.134. The third-order valence-corrected chi connectivity index (χ3v) is 5.42. The topological polar surface area (TPSA) is 35.6 Å². The summed E-state index contributed by atoms with van der Waals surface area (Å²) in [6.45, 7) is 8.62. The molecule has 1 N–H and O–H groups in total. The summed E-state index contributed by atoms with van der Waals surface area (Å²) in [7, 11) is 0. The maximum Gasteiger partial charge on any atom is 0.222 e. The number of carbonyl (C=O) groups excluding carboxylic acids is 1. The summed E-state index contributed by atoms with van der Waals surface area (Å²) in [5.74, 6) is 1.69. The highest BCUT2D eigenvalue weighted by molar-refractivity contribution is 5.85. The van der Waals surface area contributed by atoms with Crippen LogP contribution in [-0.4, -0.2) is 61.0 Å². The van der Waals surface area contributed by atoms with Gasteiger partial charge in [-0.3, -0.25) is 9.69 Å². The van der Waals surface area contributed by atoms with Crippen LogP contribution in [0.25, 0.3) is 0 Å². The lowest BCUT2D eigenvalue weighted by Crippen LogP contribution is -2.49. The van der Waals surface area contributed by atoms with Gasteiger partial charge in [-0.2, -0.15) is 0 Å². The van der Waals surface area contributed by atoms with E-state index in [-0.39, 0.29) is 24.8 Å². The lowest BCUT2D eigenvalue weighted by atomic mass is 9.84. The fraction of sp³-hybridized carbons (Fsp3) is 0.938. The largest absolute Gasteiger partial charge is 0.340 e. The van der Waals surface area contributed by atoms with Crippen LogP contribution in [0.5, 0.6) is 0 Å². The Labute approximate surface area is 147 Å². The van der Waals surface area contributed by atoms with Gasteiger partial charge in [0, 0.05) is 38.6 Å². The summed E-state index contributed by atoms with van der Waals surface area (Å²) in [6, 6.07) is 0.848. The van der Waals surface area contributed by atoms with Crippen LogP contribution in [-0.2, 0) is 4.79 Å². The van der Waals surface area contributed by atoms with Crippen molar-refractivity contribution in [1.29, 1.82) is 0 Å². The van der Waals surface area contributed by atoms with Crippen molar-refractivity contribution in [3.63, 3.8) is 0 Å². The van der Waals surface area contributed by atoms with E-state index in [0.29, 0.717) is 11.8 Å². The number of rotatable bonds is 4. The van der Waals surface area contributed by atoms with E-state index in [2.05, 4.69) is 22.0 Å². The molecular weight excluding hydrogens is 321 g/mol. The van der Waals surface area contributed by atoms with Gasteiger partial charge in [-0.15, -0.1) is 24.8 Å².